The van der Waals surface area contributed by atoms with E-state index in [-0.39, 0.29) is 41.2 Å². The molecule has 4 fully saturated rings. The minimum Gasteiger partial charge on any atom is -0.465 e. The van der Waals surface area contributed by atoms with E-state index < -0.39 is 35.5 Å². The highest BCUT2D eigenvalue weighted by Crippen LogP contribution is 2.70. The molecule has 0 N–H and O–H groups in total. The van der Waals surface area contributed by atoms with Gasteiger partial charge in [0.2, 0.25) is 0 Å². The quantitative estimate of drug-likeness (QED) is 0.383. The Morgan fingerprint density at radius 3 is 2.35 bits per heavy atom. The normalized spacial score (nSPS) is 45.4. The minimum atomic E-state index is -1.13. The highest BCUT2D eigenvalue weighted by atomic mass is 16.6. The van der Waals surface area contributed by atoms with Gasteiger partial charge in [0.25, 0.3) is 0 Å². The SMILES string of the molecule is CC(=O)O[C@H]1C[C@H]2C(=O)OC[C@H]2[C@]2(C=O)[C@@H](OC(C)=O)C[C@H]3C(C)(C)CCC[C@]3(C)[C@@H]12. The molecule has 7 heteroatoms. The Morgan fingerprint density at radius 2 is 1.74 bits per heavy atom. The maximum Gasteiger partial charge on any atom is 0.309 e. The van der Waals surface area contributed by atoms with Crippen LogP contribution in [0.15, 0.2) is 0 Å². The van der Waals surface area contributed by atoms with Crippen LogP contribution in [0, 0.1) is 39.9 Å². The molecule has 7 nitrogen and oxygen atoms in total. The molecule has 0 aromatic heterocycles. The monoisotopic (exact) mass is 434 g/mol. The molecule has 8 atom stereocenters. The lowest BCUT2D eigenvalue weighted by Gasteiger charge is -2.67. The molecule has 1 aliphatic heterocycles. The maximum absolute atomic E-state index is 13.1. The van der Waals surface area contributed by atoms with Gasteiger partial charge in [-0.15, -0.1) is 0 Å². The van der Waals surface area contributed by atoms with Crippen molar-refractivity contribution in [3.63, 3.8) is 0 Å². The Balaban J connectivity index is 1.93. The Kier molecular flexibility index (Phi) is 5.25. The molecule has 172 valence electrons. The van der Waals surface area contributed by atoms with E-state index in [2.05, 4.69) is 20.8 Å². The molecular formula is C24H34O7. The summed E-state index contributed by atoms with van der Waals surface area (Å²) in [5.74, 6) is -2.33. The molecule has 0 amide bonds. The minimum absolute atomic E-state index is 0.0138. The number of rotatable bonds is 3. The fourth-order valence-corrected chi connectivity index (χ4v) is 8.15. The molecule has 4 aliphatic rings. The van der Waals surface area contributed by atoms with Crippen LogP contribution in [0.3, 0.4) is 0 Å². The Labute approximate surface area is 183 Å². The van der Waals surface area contributed by atoms with Crippen LogP contribution in [0.4, 0.5) is 0 Å². The van der Waals surface area contributed by atoms with Crippen molar-refractivity contribution in [3.8, 4) is 0 Å². The van der Waals surface area contributed by atoms with E-state index in [4.69, 9.17) is 14.2 Å². The largest absolute Gasteiger partial charge is 0.465 e. The van der Waals surface area contributed by atoms with Crippen molar-refractivity contribution in [2.75, 3.05) is 6.61 Å². The molecule has 1 heterocycles. The molecule has 0 aromatic rings. The zero-order valence-corrected chi connectivity index (χ0v) is 19.1. The number of esters is 3. The predicted octanol–water partition coefficient (Wildman–Crippen LogP) is 3.08. The second-order valence-electron chi connectivity index (χ2n) is 11.1. The predicted molar refractivity (Wildman–Crippen MR) is 109 cm³/mol. The summed E-state index contributed by atoms with van der Waals surface area (Å²) in [5, 5.41) is 0. The molecule has 3 aliphatic carbocycles. The molecule has 3 saturated carbocycles. The Morgan fingerprint density at radius 1 is 1.06 bits per heavy atom. The number of cyclic esters (lactones) is 1. The third kappa shape index (κ3) is 3.13. The summed E-state index contributed by atoms with van der Waals surface area (Å²) in [7, 11) is 0. The molecule has 0 radical (unpaired) electrons. The van der Waals surface area contributed by atoms with Crippen molar-refractivity contribution < 1.29 is 33.4 Å². The summed E-state index contributed by atoms with van der Waals surface area (Å²) < 4.78 is 17.1. The van der Waals surface area contributed by atoms with E-state index in [1.807, 2.05) is 0 Å². The first kappa shape index (κ1) is 22.3. The molecule has 0 unspecified atom stereocenters. The second-order valence-corrected chi connectivity index (χ2v) is 11.1. The first-order valence-corrected chi connectivity index (χ1v) is 11.4. The summed E-state index contributed by atoms with van der Waals surface area (Å²) in [5.41, 5.74) is -1.43. The number of hydrogen-bond acceptors (Lipinski definition) is 7. The number of hydrogen-bond donors (Lipinski definition) is 0. The first-order valence-electron chi connectivity index (χ1n) is 11.4. The smallest absolute Gasteiger partial charge is 0.309 e. The zero-order valence-electron chi connectivity index (χ0n) is 19.1. The van der Waals surface area contributed by atoms with E-state index in [1.54, 1.807) is 0 Å². The lowest BCUT2D eigenvalue weighted by atomic mass is 9.37. The maximum atomic E-state index is 13.1. The van der Waals surface area contributed by atoms with Crippen LogP contribution in [0.5, 0.6) is 0 Å². The molecule has 0 aromatic carbocycles. The Bertz CT molecular complexity index is 804. The van der Waals surface area contributed by atoms with Crippen LogP contribution >= 0.6 is 0 Å². The molecule has 0 spiro atoms. The summed E-state index contributed by atoms with van der Waals surface area (Å²) in [6.45, 7) is 9.53. The van der Waals surface area contributed by atoms with Gasteiger partial charge in [-0.25, -0.2) is 0 Å². The van der Waals surface area contributed by atoms with Gasteiger partial charge in [0.05, 0.1) is 17.9 Å². The van der Waals surface area contributed by atoms with Gasteiger partial charge in [-0.3, -0.25) is 14.4 Å². The highest BCUT2D eigenvalue weighted by molar-refractivity contribution is 5.78. The van der Waals surface area contributed by atoms with Crippen LogP contribution in [-0.2, 0) is 33.4 Å². The van der Waals surface area contributed by atoms with Crippen LogP contribution in [0.2, 0.25) is 0 Å². The lowest BCUT2D eigenvalue weighted by Crippen LogP contribution is -2.70. The van der Waals surface area contributed by atoms with Gasteiger partial charge in [-0.2, -0.15) is 0 Å². The molecule has 31 heavy (non-hydrogen) atoms. The fraction of sp³-hybridized carbons (Fsp3) is 0.833. The zero-order chi connectivity index (χ0) is 22.8. The topological polar surface area (TPSA) is 96.0 Å². The average molecular weight is 435 g/mol. The van der Waals surface area contributed by atoms with Gasteiger partial charge in [0.15, 0.2) is 0 Å². The van der Waals surface area contributed by atoms with Crippen molar-refractivity contribution in [1.82, 2.24) is 0 Å². The number of aldehydes is 1. The van der Waals surface area contributed by atoms with Crippen molar-refractivity contribution in [2.45, 2.75) is 78.9 Å². The first-order chi connectivity index (χ1) is 14.5. The molecular weight excluding hydrogens is 400 g/mol. The third-order valence-corrected chi connectivity index (χ3v) is 9.06. The van der Waals surface area contributed by atoms with Gasteiger partial charge in [-0.05, 0) is 42.4 Å². The van der Waals surface area contributed by atoms with E-state index in [9.17, 15) is 19.2 Å². The van der Waals surface area contributed by atoms with E-state index in [1.165, 1.54) is 13.8 Å². The van der Waals surface area contributed by atoms with Crippen molar-refractivity contribution >= 4 is 24.2 Å². The van der Waals surface area contributed by atoms with E-state index in [0.717, 1.165) is 25.5 Å². The van der Waals surface area contributed by atoms with Crippen molar-refractivity contribution in [2.24, 2.45) is 39.9 Å². The van der Waals surface area contributed by atoms with E-state index >= 15 is 0 Å². The summed E-state index contributed by atoms with van der Waals surface area (Å²) >= 11 is 0. The Hall–Kier alpha value is -1.92. The molecule has 4 rings (SSSR count). The average Bonchev–Trinajstić information content (AvgIpc) is 3.02. The van der Waals surface area contributed by atoms with Gasteiger partial charge in [0, 0.05) is 25.7 Å². The molecule has 0 bridgehead atoms. The van der Waals surface area contributed by atoms with Crippen molar-refractivity contribution in [1.29, 1.82) is 0 Å². The summed E-state index contributed by atoms with van der Waals surface area (Å²) in [6, 6.07) is 0. The van der Waals surface area contributed by atoms with Gasteiger partial charge in [0.1, 0.15) is 18.5 Å². The van der Waals surface area contributed by atoms with Crippen LogP contribution in [0.25, 0.3) is 0 Å². The summed E-state index contributed by atoms with van der Waals surface area (Å²) in [6.07, 6.45) is 3.49. The van der Waals surface area contributed by atoms with Gasteiger partial charge in [-0.1, -0.05) is 27.2 Å². The highest BCUT2D eigenvalue weighted by Gasteiger charge is 2.73. The van der Waals surface area contributed by atoms with Crippen LogP contribution < -0.4 is 0 Å². The number of ether oxygens (including phenoxy) is 3. The fourth-order valence-electron chi connectivity index (χ4n) is 8.15. The van der Waals surface area contributed by atoms with Crippen LogP contribution in [-0.4, -0.2) is 43.0 Å². The van der Waals surface area contributed by atoms with Crippen LogP contribution in [0.1, 0.15) is 66.7 Å². The van der Waals surface area contributed by atoms with Gasteiger partial charge >= 0.3 is 17.9 Å². The standard InChI is InChI=1S/C24H34O7/c1-13(26)30-17-9-15-16(11-29-21(15)28)24(12-25)19(31-14(2)27)10-18-22(3,4)7-6-8-23(18,5)20(17)24/h12,15-20H,6-11H2,1-5H3/t15-,16-,17+,18+,19+,20-,23+,24-/m1/s1. The molecule has 1 saturated heterocycles. The van der Waals surface area contributed by atoms with Crippen molar-refractivity contribution in [3.05, 3.63) is 0 Å². The van der Waals surface area contributed by atoms with E-state index in [0.29, 0.717) is 12.8 Å². The van der Waals surface area contributed by atoms with Gasteiger partial charge < -0.3 is 19.0 Å². The number of fused-ring (bicyclic) bond motifs is 5. The summed E-state index contributed by atoms with van der Waals surface area (Å²) in [4.78, 5) is 49.9. The number of carbonyl (C=O) groups is 4. The third-order valence-electron chi connectivity index (χ3n) is 9.06. The second kappa shape index (κ2) is 7.31. The lowest BCUT2D eigenvalue weighted by molar-refractivity contribution is -0.252. The number of carbonyl (C=O) groups excluding carboxylic acids is 4.